The summed E-state index contributed by atoms with van der Waals surface area (Å²) in [6, 6.07) is 6.36. The van der Waals surface area contributed by atoms with E-state index in [0.717, 1.165) is 38.1 Å². The first kappa shape index (κ1) is 48.1. The van der Waals surface area contributed by atoms with Crippen molar-refractivity contribution in [2.24, 2.45) is 11.5 Å². The van der Waals surface area contributed by atoms with Crippen molar-refractivity contribution in [2.45, 2.75) is 69.7 Å². The Hall–Kier alpha value is -6.62. The van der Waals surface area contributed by atoms with Crippen LogP contribution in [0.15, 0.2) is 54.7 Å². The zero-order valence-corrected chi connectivity index (χ0v) is 35.4. The molecule has 1 aliphatic heterocycles. The van der Waals surface area contributed by atoms with E-state index in [1.807, 2.05) is 24.3 Å². The molecule has 0 saturated carbocycles. The van der Waals surface area contributed by atoms with Gasteiger partial charge >= 0.3 is 5.97 Å². The third-order valence-electron chi connectivity index (χ3n) is 9.52. The number of hydrogen-bond donors (Lipinski definition) is 11. The fraction of sp³-hybridized carbons (Fsp3) is 0.385. The molecule has 2 heterocycles. The summed E-state index contributed by atoms with van der Waals surface area (Å²) in [4.78, 5) is 122. The molecule has 0 bridgehead atoms. The van der Waals surface area contributed by atoms with Gasteiger partial charge in [0.25, 0.3) is 0 Å². The summed E-state index contributed by atoms with van der Waals surface area (Å²) in [7, 11) is 2.28. The standard InChI is InChI=1S/C39H49N11O10S2/c1-20-39(60)50(13-11-23-17-43-26-6-4-3-5-25(23)26)21(2)36(57)49-29(35(42)56)19-62-61-14-12-30(51)47-27(15-31(52)46-24-9-7-22(8-10-24)34(40)41)37(58)44-18-32(53)48-28(16-33(54)55)38(59)45-20/h3-10,17,20-21,27-29,43H,11-16,18-19H2,1-2H3,(H3,40,41)(H2,42,56)(H,44,58)(H,45,59)(H,46,52)(H,47,51)(H,48,53)(H,49,57)(H,54,55). The molecule has 3 aromatic rings. The van der Waals surface area contributed by atoms with Crippen molar-refractivity contribution in [1.29, 1.82) is 5.41 Å². The number of nitrogens with zero attached hydrogens (tertiary/aromatic N) is 1. The third kappa shape index (κ3) is 14.2. The van der Waals surface area contributed by atoms with Gasteiger partial charge in [-0.15, -0.1) is 0 Å². The number of nitrogens with one attached hydrogen (secondary N) is 8. The Kier molecular flexibility index (Phi) is 17.7. The number of benzene rings is 2. The molecule has 2 aromatic carbocycles. The SMILES string of the molecule is CC1NC(=O)C(CC(=O)O)NC(=O)CNC(=O)C(CC(=O)Nc2ccc(C(=N)N)cc2)NC(=O)CCSSCC(C(N)=O)NC(=O)C(C)N(CCc2c[nH]c3ccccc23)C1=O. The number of carboxylic acid groups (broad SMARTS) is 1. The minimum atomic E-state index is -1.74. The second-order valence-corrected chi connectivity index (χ2v) is 16.8. The molecule has 5 atom stereocenters. The molecule has 5 unspecified atom stereocenters. The molecule has 1 saturated heterocycles. The predicted molar refractivity (Wildman–Crippen MR) is 231 cm³/mol. The number of rotatable bonds is 10. The van der Waals surface area contributed by atoms with Gasteiger partial charge in [0.2, 0.25) is 47.3 Å². The zero-order chi connectivity index (χ0) is 45.5. The van der Waals surface area contributed by atoms with Crippen molar-refractivity contribution in [3.05, 3.63) is 65.9 Å². The highest BCUT2D eigenvalue weighted by Gasteiger charge is 2.34. The molecule has 4 rings (SSSR count). The van der Waals surface area contributed by atoms with Crippen molar-refractivity contribution in [3.8, 4) is 0 Å². The lowest BCUT2D eigenvalue weighted by Gasteiger charge is -2.32. The van der Waals surface area contributed by atoms with E-state index in [2.05, 4.69) is 36.9 Å². The Labute approximate surface area is 363 Å². The van der Waals surface area contributed by atoms with Gasteiger partial charge in [-0.3, -0.25) is 48.6 Å². The number of carboxylic acids is 1. The molecule has 1 aliphatic rings. The van der Waals surface area contributed by atoms with Crippen LogP contribution in [0.2, 0.25) is 0 Å². The number of nitrogens with two attached hydrogens (primary N) is 2. The van der Waals surface area contributed by atoms with Crippen molar-refractivity contribution < 1.29 is 48.3 Å². The number of aromatic nitrogens is 1. The molecule has 23 heteroatoms. The largest absolute Gasteiger partial charge is 0.481 e. The number of carbonyl (C=O) groups is 9. The molecule has 8 amide bonds. The number of hydrogen-bond acceptors (Lipinski definition) is 12. The Balaban J connectivity index is 1.56. The fourth-order valence-electron chi connectivity index (χ4n) is 6.16. The maximum Gasteiger partial charge on any atom is 0.305 e. The number of nitrogen functional groups attached to an aromatic ring is 1. The summed E-state index contributed by atoms with van der Waals surface area (Å²) in [5, 5.41) is 32.5. The normalized spacial score (nSPS) is 21.7. The number of aliphatic carboxylic acids is 1. The van der Waals surface area contributed by atoms with Gasteiger partial charge < -0.3 is 58.4 Å². The van der Waals surface area contributed by atoms with E-state index in [0.29, 0.717) is 11.3 Å². The van der Waals surface area contributed by atoms with Crippen LogP contribution in [0.1, 0.15) is 44.2 Å². The monoisotopic (exact) mass is 895 g/mol. The summed E-state index contributed by atoms with van der Waals surface area (Å²) in [5.74, 6) is -8.31. The van der Waals surface area contributed by atoms with Crippen LogP contribution in [0.5, 0.6) is 0 Å². The van der Waals surface area contributed by atoms with E-state index in [4.69, 9.17) is 16.9 Å². The smallest absolute Gasteiger partial charge is 0.305 e. The molecule has 0 spiro atoms. The van der Waals surface area contributed by atoms with Crippen LogP contribution in [-0.2, 0) is 49.6 Å². The number of amides is 8. The van der Waals surface area contributed by atoms with E-state index >= 15 is 0 Å². The molecule has 0 radical (unpaired) electrons. The van der Waals surface area contributed by atoms with Crippen molar-refractivity contribution in [1.82, 2.24) is 36.5 Å². The van der Waals surface area contributed by atoms with E-state index in [1.165, 1.54) is 43.0 Å². The van der Waals surface area contributed by atoms with E-state index < -0.39 is 103 Å². The molecule has 332 valence electrons. The molecule has 1 fully saturated rings. The summed E-state index contributed by atoms with van der Waals surface area (Å²) in [6.07, 6.45) is 0.343. The number of carbonyl (C=O) groups excluding carboxylic acids is 8. The van der Waals surface area contributed by atoms with Crippen LogP contribution in [0.3, 0.4) is 0 Å². The van der Waals surface area contributed by atoms with Gasteiger partial charge in [0, 0.05) is 52.8 Å². The second kappa shape index (κ2) is 22.8. The third-order valence-corrected chi connectivity index (χ3v) is 11.9. The van der Waals surface area contributed by atoms with Gasteiger partial charge in [-0.05, 0) is 56.2 Å². The number of para-hydroxylation sites is 1. The van der Waals surface area contributed by atoms with Crippen LogP contribution in [0.4, 0.5) is 5.69 Å². The van der Waals surface area contributed by atoms with Gasteiger partial charge in [0.05, 0.1) is 19.4 Å². The first-order chi connectivity index (χ1) is 29.4. The summed E-state index contributed by atoms with van der Waals surface area (Å²) in [6.45, 7) is 1.91. The average Bonchev–Trinajstić information content (AvgIpc) is 3.64. The molecule has 62 heavy (non-hydrogen) atoms. The van der Waals surface area contributed by atoms with Crippen molar-refractivity contribution in [3.63, 3.8) is 0 Å². The van der Waals surface area contributed by atoms with Crippen molar-refractivity contribution >= 4 is 97.2 Å². The van der Waals surface area contributed by atoms with E-state index in [9.17, 15) is 48.3 Å². The number of anilines is 1. The summed E-state index contributed by atoms with van der Waals surface area (Å²) >= 11 is 0. The molecular weight excluding hydrogens is 847 g/mol. The predicted octanol–water partition coefficient (Wildman–Crippen LogP) is -0.939. The van der Waals surface area contributed by atoms with Gasteiger partial charge in [-0.2, -0.15) is 0 Å². The Morgan fingerprint density at radius 2 is 1.53 bits per heavy atom. The zero-order valence-electron chi connectivity index (χ0n) is 33.8. The van der Waals surface area contributed by atoms with Gasteiger partial charge in [-0.25, -0.2) is 0 Å². The number of H-pyrrole nitrogens is 1. The average molecular weight is 896 g/mol. The van der Waals surface area contributed by atoms with Gasteiger partial charge in [0.15, 0.2) is 0 Å². The van der Waals surface area contributed by atoms with Crippen LogP contribution < -0.4 is 43.4 Å². The quantitative estimate of drug-likeness (QED) is 0.0666. The summed E-state index contributed by atoms with van der Waals surface area (Å²) in [5.41, 5.74) is 13.5. The van der Waals surface area contributed by atoms with E-state index in [-0.39, 0.29) is 36.7 Å². The highest BCUT2D eigenvalue weighted by Crippen LogP contribution is 2.23. The van der Waals surface area contributed by atoms with E-state index in [1.54, 1.807) is 6.20 Å². The molecule has 1 aromatic heterocycles. The number of fused-ring (bicyclic) bond motifs is 1. The molecule has 13 N–H and O–H groups in total. The highest BCUT2D eigenvalue weighted by atomic mass is 33.1. The first-order valence-electron chi connectivity index (χ1n) is 19.3. The highest BCUT2D eigenvalue weighted by molar-refractivity contribution is 8.76. The second-order valence-electron chi connectivity index (χ2n) is 14.2. The Morgan fingerprint density at radius 3 is 2.21 bits per heavy atom. The van der Waals surface area contributed by atoms with Crippen LogP contribution in [-0.4, -0.2) is 129 Å². The maximum atomic E-state index is 14.1. The Morgan fingerprint density at radius 1 is 0.855 bits per heavy atom. The molecular formula is C39H49N11O10S2. The molecule has 0 aliphatic carbocycles. The van der Waals surface area contributed by atoms with Crippen LogP contribution in [0, 0.1) is 5.41 Å². The lowest BCUT2D eigenvalue weighted by Crippen LogP contribution is -2.59. The minimum absolute atomic E-state index is 0.0274. The minimum Gasteiger partial charge on any atom is -0.481 e. The first-order valence-corrected chi connectivity index (χ1v) is 21.7. The number of primary amides is 1. The van der Waals surface area contributed by atoms with Crippen LogP contribution >= 0.6 is 21.6 Å². The van der Waals surface area contributed by atoms with Crippen molar-refractivity contribution in [2.75, 3.05) is 29.9 Å². The van der Waals surface area contributed by atoms with Gasteiger partial charge in [-0.1, -0.05) is 39.8 Å². The fourth-order valence-corrected chi connectivity index (χ4v) is 8.33. The number of amidine groups is 1. The lowest BCUT2D eigenvalue weighted by atomic mass is 10.1. The van der Waals surface area contributed by atoms with Crippen LogP contribution in [0.25, 0.3) is 10.9 Å². The Bertz CT molecular complexity index is 2180. The maximum absolute atomic E-state index is 14.1. The topological polar surface area (TPSA) is 341 Å². The lowest BCUT2D eigenvalue weighted by molar-refractivity contribution is -0.144. The van der Waals surface area contributed by atoms with Gasteiger partial charge in [0.1, 0.15) is 36.0 Å². The number of aromatic amines is 1. The molecule has 21 nitrogen and oxygen atoms in total. The summed E-state index contributed by atoms with van der Waals surface area (Å²) < 4.78 is 0.